The van der Waals surface area contributed by atoms with Crippen LogP contribution in [0.5, 0.6) is 0 Å². The third kappa shape index (κ3) is 2.71. The number of aryl methyl sites for hydroxylation is 1. The largest absolute Gasteiger partial charge is 0.368 e. The van der Waals surface area contributed by atoms with Gasteiger partial charge in [-0.25, -0.2) is 0 Å². The summed E-state index contributed by atoms with van der Waals surface area (Å²) in [5, 5.41) is 3.06. The van der Waals surface area contributed by atoms with E-state index in [1.807, 2.05) is 6.07 Å². The summed E-state index contributed by atoms with van der Waals surface area (Å²) in [4.78, 5) is 26.1. The molecule has 2 heterocycles. The maximum atomic E-state index is 12.0. The van der Waals surface area contributed by atoms with Crippen LogP contribution >= 0.6 is 0 Å². The van der Waals surface area contributed by atoms with Crippen molar-refractivity contribution in [2.75, 3.05) is 6.61 Å². The van der Waals surface area contributed by atoms with E-state index < -0.39 is 0 Å². The van der Waals surface area contributed by atoms with Gasteiger partial charge in [-0.05, 0) is 37.7 Å². The lowest BCUT2D eigenvalue weighted by Crippen LogP contribution is -2.44. The molecular weight excluding hydrogens is 244 g/mol. The lowest BCUT2D eigenvalue weighted by molar-refractivity contribution is -0.130. The van der Waals surface area contributed by atoms with Gasteiger partial charge in [0.1, 0.15) is 6.10 Å². The Morgan fingerprint density at radius 1 is 1.37 bits per heavy atom. The predicted molar refractivity (Wildman–Crippen MR) is 70.0 cm³/mol. The van der Waals surface area contributed by atoms with Crippen LogP contribution in [0.25, 0.3) is 0 Å². The molecule has 102 valence electrons. The molecule has 5 heteroatoms. The Morgan fingerprint density at radius 2 is 2.26 bits per heavy atom. The van der Waals surface area contributed by atoms with E-state index in [2.05, 4.69) is 10.3 Å². The first-order valence-electron chi connectivity index (χ1n) is 6.85. The van der Waals surface area contributed by atoms with Gasteiger partial charge in [-0.15, -0.1) is 0 Å². The van der Waals surface area contributed by atoms with E-state index in [9.17, 15) is 9.59 Å². The maximum Gasteiger partial charge on any atom is 0.249 e. The minimum atomic E-state index is -0.267. The molecule has 0 unspecified atom stereocenters. The summed E-state index contributed by atoms with van der Waals surface area (Å²) in [6, 6.07) is 3.55. The molecule has 0 saturated carbocycles. The van der Waals surface area contributed by atoms with Gasteiger partial charge < -0.3 is 15.0 Å². The van der Waals surface area contributed by atoms with Gasteiger partial charge in [0.25, 0.3) is 0 Å². The topological polar surface area (TPSA) is 71.2 Å². The molecule has 1 aromatic heterocycles. The highest BCUT2D eigenvalue weighted by atomic mass is 16.5. The minimum Gasteiger partial charge on any atom is -0.368 e. The van der Waals surface area contributed by atoms with Crippen LogP contribution in [0.3, 0.4) is 0 Å². The number of pyridine rings is 1. The van der Waals surface area contributed by atoms with Crippen LogP contribution in [-0.2, 0) is 22.4 Å². The first-order valence-corrected chi connectivity index (χ1v) is 6.85. The van der Waals surface area contributed by atoms with Crippen molar-refractivity contribution in [1.82, 2.24) is 10.3 Å². The van der Waals surface area contributed by atoms with Crippen molar-refractivity contribution in [3.63, 3.8) is 0 Å². The average molecular weight is 262 g/mol. The number of aromatic nitrogens is 1. The summed E-state index contributed by atoms with van der Waals surface area (Å²) < 4.78 is 5.38. The second-order valence-corrected chi connectivity index (χ2v) is 5.28. The lowest BCUT2D eigenvalue weighted by atomic mass is 9.91. The number of nitrogens with one attached hydrogen (secondary N) is 2. The Kier molecular flexibility index (Phi) is 3.38. The zero-order valence-electron chi connectivity index (χ0n) is 10.8. The van der Waals surface area contributed by atoms with Crippen LogP contribution in [0, 0.1) is 0 Å². The van der Waals surface area contributed by atoms with Crippen molar-refractivity contribution in [3.8, 4) is 0 Å². The fourth-order valence-electron chi connectivity index (χ4n) is 2.85. The number of H-pyrrole nitrogens is 1. The summed E-state index contributed by atoms with van der Waals surface area (Å²) in [5.41, 5.74) is 2.08. The minimum absolute atomic E-state index is 0.00961. The normalized spacial score (nSPS) is 25.9. The fourth-order valence-corrected chi connectivity index (χ4v) is 2.85. The maximum absolute atomic E-state index is 12.0. The molecule has 19 heavy (non-hydrogen) atoms. The second-order valence-electron chi connectivity index (χ2n) is 5.28. The number of aromatic amines is 1. The Morgan fingerprint density at radius 3 is 3.05 bits per heavy atom. The number of hydrogen-bond donors (Lipinski definition) is 2. The molecule has 1 aliphatic carbocycles. The van der Waals surface area contributed by atoms with Gasteiger partial charge in [-0.3, -0.25) is 9.59 Å². The Labute approximate surface area is 111 Å². The Bertz CT molecular complexity index is 532. The van der Waals surface area contributed by atoms with E-state index in [0.29, 0.717) is 6.61 Å². The summed E-state index contributed by atoms with van der Waals surface area (Å²) >= 11 is 0. The van der Waals surface area contributed by atoms with Crippen molar-refractivity contribution in [1.29, 1.82) is 0 Å². The zero-order valence-corrected chi connectivity index (χ0v) is 10.8. The molecule has 2 N–H and O–H groups in total. The quantitative estimate of drug-likeness (QED) is 0.816. The standard InChI is InChI=1S/C14H18N2O3/c17-13-6-3-9-8-10(4-5-11(9)16-13)15-14(18)12-2-1-7-19-12/h3,6,10,12H,1-2,4-5,7-8H2,(H,15,18)(H,16,17)/t10-,12+/m0/s1. The molecule has 2 atom stereocenters. The third-order valence-corrected chi connectivity index (χ3v) is 3.88. The number of ether oxygens (including phenoxy) is 1. The number of carbonyl (C=O) groups is 1. The van der Waals surface area contributed by atoms with E-state index in [0.717, 1.165) is 43.4 Å². The van der Waals surface area contributed by atoms with Gasteiger partial charge in [0.2, 0.25) is 11.5 Å². The highest BCUT2D eigenvalue weighted by Crippen LogP contribution is 2.19. The van der Waals surface area contributed by atoms with Crippen molar-refractivity contribution in [2.24, 2.45) is 0 Å². The SMILES string of the molecule is O=C(N[C@H]1CCc2[nH]c(=O)ccc2C1)[C@H]1CCCO1. The first-order chi connectivity index (χ1) is 9.22. The van der Waals surface area contributed by atoms with Crippen molar-refractivity contribution >= 4 is 5.91 Å². The van der Waals surface area contributed by atoms with E-state index in [1.165, 1.54) is 0 Å². The van der Waals surface area contributed by atoms with Crippen LogP contribution in [0.15, 0.2) is 16.9 Å². The molecule has 5 nitrogen and oxygen atoms in total. The molecule has 1 aliphatic heterocycles. The van der Waals surface area contributed by atoms with Gasteiger partial charge in [-0.1, -0.05) is 6.07 Å². The molecule has 3 rings (SSSR count). The second kappa shape index (κ2) is 5.17. The van der Waals surface area contributed by atoms with Gasteiger partial charge in [0.15, 0.2) is 0 Å². The van der Waals surface area contributed by atoms with Gasteiger partial charge >= 0.3 is 0 Å². The predicted octanol–water partition coefficient (Wildman–Crippen LogP) is 0.527. The van der Waals surface area contributed by atoms with Gasteiger partial charge in [-0.2, -0.15) is 0 Å². The van der Waals surface area contributed by atoms with Crippen molar-refractivity contribution in [3.05, 3.63) is 33.7 Å². The summed E-state index contributed by atoms with van der Waals surface area (Å²) in [6.07, 6.45) is 3.98. The zero-order chi connectivity index (χ0) is 13.2. The van der Waals surface area contributed by atoms with E-state index in [-0.39, 0.29) is 23.6 Å². The van der Waals surface area contributed by atoms with Crippen LogP contribution in [0.4, 0.5) is 0 Å². The molecule has 1 aromatic rings. The van der Waals surface area contributed by atoms with Gasteiger partial charge in [0.05, 0.1) is 0 Å². The molecular formula is C14H18N2O3. The highest BCUT2D eigenvalue weighted by Gasteiger charge is 2.27. The summed E-state index contributed by atoms with van der Waals surface area (Å²) in [7, 11) is 0. The first kappa shape index (κ1) is 12.4. The molecule has 0 bridgehead atoms. The lowest BCUT2D eigenvalue weighted by Gasteiger charge is -2.26. The summed E-state index contributed by atoms with van der Waals surface area (Å²) in [5.74, 6) is 0.00961. The molecule has 0 radical (unpaired) electrons. The van der Waals surface area contributed by atoms with Crippen molar-refractivity contribution in [2.45, 2.75) is 44.2 Å². The molecule has 1 amide bonds. The monoisotopic (exact) mass is 262 g/mol. The molecule has 1 fully saturated rings. The molecule has 0 aromatic carbocycles. The molecule has 1 saturated heterocycles. The van der Waals surface area contributed by atoms with Crippen molar-refractivity contribution < 1.29 is 9.53 Å². The van der Waals surface area contributed by atoms with Crippen LogP contribution in [0.2, 0.25) is 0 Å². The van der Waals surface area contributed by atoms with Gasteiger partial charge in [0, 0.05) is 24.4 Å². The number of rotatable bonds is 2. The Hall–Kier alpha value is -1.62. The number of amides is 1. The van der Waals surface area contributed by atoms with E-state index in [4.69, 9.17) is 4.74 Å². The average Bonchev–Trinajstić information content (AvgIpc) is 2.93. The van der Waals surface area contributed by atoms with Crippen LogP contribution in [-0.4, -0.2) is 29.6 Å². The van der Waals surface area contributed by atoms with E-state index >= 15 is 0 Å². The number of hydrogen-bond acceptors (Lipinski definition) is 3. The summed E-state index contributed by atoms with van der Waals surface area (Å²) in [6.45, 7) is 0.687. The molecule has 0 spiro atoms. The third-order valence-electron chi connectivity index (χ3n) is 3.88. The highest BCUT2D eigenvalue weighted by molar-refractivity contribution is 5.81. The number of carbonyl (C=O) groups excluding carboxylic acids is 1. The number of fused-ring (bicyclic) bond motifs is 1. The van der Waals surface area contributed by atoms with Crippen LogP contribution in [0.1, 0.15) is 30.5 Å². The fraction of sp³-hybridized carbons (Fsp3) is 0.571. The Balaban J connectivity index is 1.63. The van der Waals surface area contributed by atoms with Crippen LogP contribution < -0.4 is 10.9 Å². The smallest absolute Gasteiger partial charge is 0.249 e. The molecule has 2 aliphatic rings. The van der Waals surface area contributed by atoms with E-state index in [1.54, 1.807) is 6.07 Å².